The van der Waals surface area contributed by atoms with Crippen molar-refractivity contribution in [2.24, 2.45) is 5.73 Å². The lowest BCUT2D eigenvalue weighted by molar-refractivity contribution is 0.00840. The second-order valence-electron chi connectivity index (χ2n) is 6.36. The number of thiophene rings is 1. The van der Waals surface area contributed by atoms with Crippen molar-refractivity contribution in [2.45, 2.75) is 25.4 Å². The van der Waals surface area contributed by atoms with Crippen molar-refractivity contribution in [2.75, 3.05) is 26.2 Å². The van der Waals surface area contributed by atoms with Crippen LogP contribution in [0.4, 0.5) is 0 Å². The Kier molecular flexibility index (Phi) is 6.55. The summed E-state index contributed by atoms with van der Waals surface area (Å²) in [5.74, 6) is -0.171. The molecule has 0 bridgehead atoms. The summed E-state index contributed by atoms with van der Waals surface area (Å²) >= 11 is 1.39. The topological polar surface area (TPSA) is 72.6 Å². The number of benzene rings is 1. The highest BCUT2D eigenvalue weighted by Gasteiger charge is 2.27. The smallest absolute Gasteiger partial charge is 0.254 e. The van der Waals surface area contributed by atoms with E-state index in [1.54, 1.807) is 30.3 Å². The van der Waals surface area contributed by atoms with Crippen LogP contribution in [0.2, 0.25) is 0 Å². The Hall–Kier alpha value is -2.02. The summed E-state index contributed by atoms with van der Waals surface area (Å²) in [6.07, 6.45) is 2.68. The third kappa shape index (κ3) is 4.38. The minimum absolute atomic E-state index is 0.0779. The van der Waals surface area contributed by atoms with Crippen LogP contribution in [0.5, 0.6) is 0 Å². The van der Waals surface area contributed by atoms with Crippen LogP contribution in [0.1, 0.15) is 44.9 Å². The van der Waals surface area contributed by atoms with Gasteiger partial charge < -0.3 is 15.4 Å². The molecule has 26 heavy (non-hydrogen) atoms. The van der Waals surface area contributed by atoms with E-state index >= 15 is 0 Å². The van der Waals surface area contributed by atoms with Crippen LogP contribution < -0.4 is 5.73 Å². The Morgan fingerprint density at radius 3 is 2.50 bits per heavy atom. The van der Waals surface area contributed by atoms with Crippen LogP contribution >= 0.6 is 11.3 Å². The number of amides is 1. The number of nitrogens with zero attached hydrogens (tertiary/aromatic N) is 1. The third-order valence-electron chi connectivity index (χ3n) is 4.58. The normalized spacial score (nSPS) is 15.2. The first-order valence-electron chi connectivity index (χ1n) is 8.99. The molecular formula is C20H24N2O3S. The number of ketones is 1. The average molecular weight is 372 g/mol. The molecule has 2 heterocycles. The Morgan fingerprint density at radius 2 is 1.85 bits per heavy atom. The van der Waals surface area contributed by atoms with Crippen molar-refractivity contribution in [1.29, 1.82) is 0 Å². The molecule has 1 amide bonds. The second-order valence-corrected chi connectivity index (χ2v) is 7.30. The molecule has 0 saturated carbocycles. The molecule has 0 unspecified atom stereocenters. The summed E-state index contributed by atoms with van der Waals surface area (Å²) < 4.78 is 5.80. The Labute approximate surface area is 157 Å². The number of hydrogen-bond acceptors (Lipinski definition) is 5. The van der Waals surface area contributed by atoms with Crippen molar-refractivity contribution in [3.05, 3.63) is 57.8 Å². The van der Waals surface area contributed by atoms with Crippen LogP contribution in [0, 0.1) is 0 Å². The van der Waals surface area contributed by atoms with E-state index in [0.29, 0.717) is 42.2 Å². The lowest BCUT2D eigenvalue weighted by Gasteiger charge is -2.32. The van der Waals surface area contributed by atoms with Crippen LogP contribution in [0.3, 0.4) is 0 Å². The monoisotopic (exact) mass is 372 g/mol. The standard InChI is InChI=1S/C20H24N2O3S/c21-10-4-13-25-15-8-11-22(12-9-15)20(24)17-6-2-1-5-16(17)19(23)18-7-3-14-26-18/h1-3,5-7,14-15H,4,8-13,21H2. The van der Waals surface area contributed by atoms with Gasteiger partial charge in [0, 0.05) is 25.3 Å². The first-order chi connectivity index (χ1) is 12.7. The summed E-state index contributed by atoms with van der Waals surface area (Å²) in [7, 11) is 0. The molecule has 0 spiro atoms. The summed E-state index contributed by atoms with van der Waals surface area (Å²) in [5.41, 5.74) is 6.44. The fourth-order valence-electron chi connectivity index (χ4n) is 3.14. The predicted molar refractivity (Wildman–Crippen MR) is 103 cm³/mol. The molecule has 1 aliphatic rings. The average Bonchev–Trinajstić information content (AvgIpc) is 3.22. The van der Waals surface area contributed by atoms with Gasteiger partial charge >= 0.3 is 0 Å². The molecule has 2 aromatic rings. The maximum absolute atomic E-state index is 13.0. The van der Waals surface area contributed by atoms with Crippen LogP contribution in [-0.2, 0) is 4.74 Å². The molecule has 1 aliphatic heterocycles. The predicted octanol–water partition coefficient (Wildman–Crippen LogP) is 2.95. The zero-order chi connectivity index (χ0) is 18.4. The molecular weight excluding hydrogens is 348 g/mol. The minimum Gasteiger partial charge on any atom is -0.378 e. The van der Waals surface area contributed by atoms with E-state index in [2.05, 4.69) is 0 Å². The molecule has 0 atom stereocenters. The van der Waals surface area contributed by atoms with Crippen molar-refractivity contribution in [3.8, 4) is 0 Å². The molecule has 2 N–H and O–H groups in total. The lowest BCUT2D eigenvalue weighted by Crippen LogP contribution is -2.41. The van der Waals surface area contributed by atoms with Crippen LogP contribution in [-0.4, -0.2) is 48.9 Å². The molecule has 0 radical (unpaired) electrons. The second kappa shape index (κ2) is 9.07. The maximum Gasteiger partial charge on any atom is 0.254 e. The molecule has 1 saturated heterocycles. The van der Waals surface area contributed by atoms with Crippen molar-refractivity contribution >= 4 is 23.0 Å². The van der Waals surface area contributed by atoms with Crippen LogP contribution in [0.25, 0.3) is 0 Å². The van der Waals surface area contributed by atoms with E-state index in [4.69, 9.17) is 10.5 Å². The largest absolute Gasteiger partial charge is 0.378 e. The number of carbonyl (C=O) groups excluding carboxylic acids is 2. The quantitative estimate of drug-likeness (QED) is 0.599. The molecule has 1 fully saturated rings. The third-order valence-corrected chi connectivity index (χ3v) is 5.45. The minimum atomic E-state index is -0.0936. The Morgan fingerprint density at radius 1 is 1.12 bits per heavy atom. The van der Waals surface area contributed by atoms with Gasteiger partial charge in [-0.1, -0.05) is 24.3 Å². The summed E-state index contributed by atoms with van der Waals surface area (Å²) in [5, 5.41) is 1.87. The number of piperidine rings is 1. The van der Waals surface area contributed by atoms with Gasteiger partial charge in [0.15, 0.2) is 0 Å². The highest BCUT2D eigenvalue weighted by molar-refractivity contribution is 7.12. The van der Waals surface area contributed by atoms with Crippen molar-refractivity contribution in [3.63, 3.8) is 0 Å². The number of carbonyl (C=O) groups is 2. The van der Waals surface area contributed by atoms with Gasteiger partial charge in [0.1, 0.15) is 0 Å². The highest BCUT2D eigenvalue weighted by atomic mass is 32.1. The highest BCUT2D eigenvalue weighted by Crippen LogP contribution is 2.22. The van der Waals surface area contributed by atoms with Gasteiger partial charge in [0.2, 0.25) is 5.78 Å². The van der Waals surface area contributed by atoms with E-state index in [1.165, 1.54) is 11.3 Å². The van der Waals surface area contributed by atoms with E-state index in [9.17, 15) is 9.59 Å². The van der Waals surface area contributed by atoms with E-state index in [0.717, 1.165) is 19.3 Å². The van der Waals surface area contributed by atoms with Gasteiger partial charge in [-0.2, -0.15) is 0 Å². The van der Waals surface area contributed by atoms with Gasteiger partial charge in [0.05, 0.1) is 16.5 Å². The van der Waals surface area contributed by atoms with Gasteiger partial charge in [-0.25, -0.2) is 0 Å². The summed E-state index contributed by atoms with van der Waals surface area (Å²) in [6.45, 7) is 2.60. The molecule has 3 rings (SSSR count). The van der Waals surface area contributed by atoms with Crippen LogP contribution in [0.15, 0.2) is 41.8 Å². The summed E-state index contributed by atoms with van der Waals surface area (Å²) in [6, 6.07) is 10.7. The molecule has 6 heteroatoms. The first-order valence-corrected chi connectivity index (χ1v) is 9.87. The number of hydrogen-bond donors (Lipinski definition) is 1. The molecule has 5 nitrogen and oxygen atoms in total. The lowest BCUT2D eigenvalue weighted by atomic mass is 10.00. The molecule has 1 aromatic carbocycles. The van der Waals surface area contributed by atoms with E-state index in [1.807, 2.05) is 16.3 Å². The number of likely N-dealkylation sites (tertiary alicyclic amines) is 1. The van der Waals surface area contributed by atoms with Gasteiger partial charge in [0.25, 0.3) is 5.91 Å². The van der Waals surface area contributed by atoms with Crippen molar-refractivity contribution in [1.82, 2.24) is 4.90 Å². The van der Waals surface area contributed by atoms with Gasteiger partial charge in [-0.05, 0) is 43.3 Å². The maximum atomic E-state index is 13.0. The summed E-state index contributed by atoms with van der Waals surface area (Å²) in [4.78, 5) is 28.2. The van der Waals surface area contributed by atoms with Gasteiger partial charge in [-0.15, -0.1) is 11.3 Å². The fraction of sp³-hybridized carbons (Fsp3) is 0.400. The van der Waals surface area contributed by atoms with E-state index < -0.39 is 0 Å². The number of ether oxygens (including phenoxy) is 1. The zero-order valence-electron chi connectivity index (χ0n) is 14.7. The SMILES string of the molecule is NCCCOC1CCN(C(=O)c2ccccc2C(=O)c2cccs2)CC1. The zero-order valence-corrected chi connectivity index (χ0v) is 15.5. The first kappa shape index (κ1) is 18.8. The fourth-order valence-corrected chi connectivity index (χ4v) is 3.82. The number of rotatable bonds is 7. The van der Waals surface area contributed by atoms with E-state index in [-0.39, 0.29) is 17.8 Å². The molecule has 0 aliphatic carbocycles. The van der Waals surface area contributed by atoms with Gasteiger partial charge in [-0.3, -0.25) is 9.59 Å². The Balaban J connectivity index is 1.67. The Bertz CT molecular complexity index is 737. The number of nitrogens with two attached hydrogens (primary N) is 1. The molecule has 1 aromatic heterocycles. The van der Waals surface area contributed by atoms with Crippen molar-refractivity contribution < 1.29 is 14.3 Å². The molecule has 138 valence electrons.